The molecule has 0 saturated carbocycles. The van der Waals surface area contributed by atoms with Gasteiger partial charge in [-0.25, -0.2) is 9.37 Å². The van der Waals surface area contributed by atoms with Gasteiger partial charge in [0, 0.05) is 62.0 Å². The Morgan fingerprint density at radius 2 is 2.13 bits per heavy atom. The third-order valence-electron chi connectivity index (χ3n) is 6.41. The molecule has 3 unspecified atom stereocenters. The molecule has 0 radical (unpaired) electrons. The van der Waals surface area contributed by atoms with Gasteiger partial charge in [-0.2, -0.15) is 4.98 Å². The molecule has 3 fully saturated rings. The van der Waals surface area contributed by atoms with Gasteiger partial charge in [0.05, 0.1) is 11.6 Å². The molecule has 3 aromatic heterocycles. The molecular formula is C22H23FN6O2. The maximum absolute atomic E-state index is 14.8. The summed E-state index contributed by atoms with van der Waals surface area (Å²) in [5.74, 6) is 0.260. The van der Waals surface area contributed by atoms with Gasteiger partial charge >= 0.3 is 0 Å². The number of aryl methyl sites for hydroxylation is 1. The van der Waals surface area contributed by atoms with Crippen molar-refractivity contribution in [3.63, 3.8) is 0 Å². The Morgan fingerprint density at radius 3 is 2.94 bits per heavy atom. The van der Waals surface area contributed by atoms with E-state index in [2.05, 4.69) is 20.6 Å². The summed E-state index contributed by atoms with van der Waals surface area (Å²) in [6.45, 7) is 1.82. The predicted octanol–water partition coefficient (Wildman–Crippen LogP) is 1.39. The zero-order chi connectivity index (χ0) is 21.1. The number of amides is 1. The number of rotatable bonds is 3. The number of halogens is 1. The quantitative estimate of drug-likeness (QED) is 0.664. The van der Waals surface area contributed by atoms with Crippen molar-refractivity contribution in [3.05, 3.63) is 47.5 Å². The predicted molar refractivity (Wildman–Crippen MR) is 113 cm³/mol. The molecule has 1 amide bonds. The number of nitrogens with one attached hydrogen (secondary N) is 2. The summed E-state index contributed by atoms with van der Waals surface area (Å²) >= 11 is 0. The number of piperazine rings is 1. The van der Waals surface area contributed by atoms with Crippen LogP contribution in [0.1, 0.15) is 22.3 Å². The van der Waals surface area contributed by atoms with Crippen LogP contribution in [-0.2, 0) is 13.5 Å². The highest BCUT2D eigenvalue weighted by Crippen LogP contribution is 2.32. The molecule has 3 aromatic rings. The molecule has 4 aliphatic rings. The molecule has 31 heavy (non-hydrogen) atoms. The van der Waals surface area contributed by atoms with Crippen LogP contribution in [0.15, 0.2) is 30.6 Å². The van der Waals surface area contributed by atoms with E-state index in [-0.39, 0.29) is 17.8 Å². The first kappa shape index (κ1) is 18.6. The maximum Gasteiger partial charge on any atom is 0.253 e. The summed E-state index contributed by atoms with van der Waals surface area (Å²) in [6.07, 6.45) is 5.10. The molecule has 9 heteroatoms. The van der Waals surface area contributed by atoms with Gasteiger partial charge in [0.1, 0.15) is 12.3 Å². The van der Waals surface area contributed by atoms with Crippen LogP contribution in [0.3, 0.4) is 0 Å². The lowest BCUT2D eigenvalue weighted by molar-refractivity contribution is 0.0913. The van der Waals surface area contributed by atoms with Crippen LogP contribution < -0.4 is 20.3 Å². The first-order valence-electron chi connectivity index (χ1n) is 10.6. The van der Waals surface area contributed by atoms with E-state index >= 15 is 0 Å². The molecule has 4 aliphatic heterocycles. The second-order valence-electron chi connectivity index (χ2n) is 8.71. The van der Waals surface area contributed by atoms with Crippen molar-refractivity contribution in [2.24, 2.45) is 7.05 Å². The van der Waals surface area contributed by atoms with Crippen molar-refractivity contribution in [2.45, 2.75) is 31.0 Å². The fourth-order valence-corrected chi connectivity index (χ4v) is 4.82. The van der Waals surface area contributed by atoms with Crippen molar-refractivity contribution in [1.29, 1.82) is 0 Å². The zero-order valence-corrected chi connectivity index (χ0v) is 17.1. The van der Waals surface area contributed by atoms with Crippen LogP contribution in [-0.4, -0.2) is 58.3 Å². The lowest BCUT2D eigenvalue weighted by Gasteiger charge is -2.48. The van der Waals surface area contributed by atoms with E-state index in [1.807, 2.05) is 34.8 Å². The minimum absolute atomic E-state index is 0.222. The van der Waals surface area contributed by atoms with Gasteiger partial charge in [-0.15, -0.1) is 0 Å². The van der Waals surface area contributed by atoms with E-state index in [0.29, 0.717) is 47.9 Å². The summed E-state index contributed by atoms with van der Waals surface area (Å²) in [4.78, 5) is 23.6. The minimum atomic E-state index is -0.339. The van der Waals surface area contributed by atoms with E-state index in [4.69, 9.17) is 4.74 Å². The van der Waals surface area contributed by atoms with Crippen molar-refractivity contribution < 1.29 is 13.9 Å². The summed E-state index contributed by atoms with van der Waals surface area (Å²) in [7, 11) is 1.91. The molecular weight excluding hydrogens is 399 g/mol. The molecule has 8 nitrogen and oxygen atoms in total. The lowest BCUT2D eigenvalue weighted by atomic mass is 9.91. The van der Waals surface area contributed by atoms with Crippen molar-refractivity contribution in [1.82, 2.24) is 25.2 Å². The SMILES string of the molecule is Cn1ccc2cc(C(=O)NC3COc4nc(N5CC6CC(C5)N6)c(F)cc4C3)cnc21. The van der Waals surface area contributed by atoms with E-state index < -0.39 is 0 Å². The summed E-state index contributed by atoms with van der Waals surface area (Å²) in [5.41, 5.74) is 1.99. The van der Waals surface area contributed by atoms with Gasteiger partial charge in [0.15, 0.2) is 11.6 Å². The second-order valence-corrected chi connectivity index (χ2v) is 8.71. The Balaban J connectivity index is 1.17. The van der Waals surface area contributed by atoms with Gasteiger partial charge in [-0.3, -0.25) is 4.79 Å². The number of hydrogen-bond acceptors (Lipinski definition) is 6. The summed E-state index contributed by atoms with van der Waals surface area (Å²) in [6, 6.07) is 5.82. The van der Waals surface area contributed by atoms with Gasteiger partial charge < -0.3 is 24.8 Å². The van der Waals surface area contributed by atoms with Gasteiger partial charge in [0.2, 0.25) is 5.88 Å². The number of piperidine rings is 1. The maximum atomic E-state index is 14.8. The third kappa shape index (κ3) is 3.20. The summed E-state index contributed by atoms with van der Waals surface area (Å²) in [5, 5.41) is 7.32. The molecule has 2 bridgehead atoms. The van der Waals surface area contributed by atoms with Crippen molar-refractivity contribution in [2.75, 3.05) is 24.6 Å². The summed E-state index contributed by atoms with van der Waals surface area (Å²) < 4.78 is 22.6. The second kappa shape index (κ2) is 6.91. The largest absolute Gasteiger partial charge is 0.475 e. The molecule has 3 atom stereocenters. The highest BCUT2D eigenvalue weighted by atomic mass is 19.1. The van der Waals surface area contributed by atoms with Crippen molar-refractivity contribution >= 4 is 22.8 Å². The van der Waals surface area contributed by atoms with Crippen LogP contribution in [0, 0.1) is 5.82 Å². The normalized spacial score (nSPS) is 24.3. The minimum Gasteiger partial charge on any atom is -0.475 e. The number of ether oxygens (including phenoxy) is 1. The first-order chi connectivity index (χ1) is 15.0. The topological polar surface area (TPSA) is 84.3 Å². The van der Waals surface area contributed by atoms with Crippen molar-refractivity contribution in [3.8, 4) is 5.88 Å². The number of hydrogen-bond donors (Lipinski definition) is 2. The van der Waals surface area contributed by atoms with E-state index in [0.717, 1.165) is 30.5 Å². The first-order valence-corrected chi connectivity index (χ1v) is 10.6. The van der Waals surface area contributed by atoms with E-state index in [9.17, 15) is 9.18 Å². The Kier molecular flexibility index (Phi) is 4.14. The smallest absolute Gasteiger partial charge is 0.253 e. The highest BCUT2D eigenvalue weighted by Gasteiger charge is 2.38. The lowest BCUT2D eigenvalue weighted by Crippen LogP contribution is -2.67. The van der Waals surface area contributed by atoms with Crippen LogP contribution in [0.5, 0.6) is 5.88 Å². The zero-order valence-electron chi connectivity index (χ0n) is 17.1. The Bertz CT molecular complexity index is 1180. The average molecular weight is 422 g/mol. The van der Waals surface area contributed by atoms with E-state index in [1.54, 1.807) is 6.20 Å². The number of aromatic nitrogens is 3. The van der Waals surface area contributed by atoms with Gasteiger partial charge in [-0.1, -0.05) is 0 Å². The third-order valence-corrected chi connectivity index (χ3v) is 6.41. The molecule has 0 aliphatic carbocycles. The van der Waals surface area contributed by atoms with Crippen LogP contribution in [0.2, 0.25) is 0 Å². The number of carbonyl (C=O) groups excluding carboxylic acids is 1. The fourth-order valence-electron chi connectivity index (χ4n) is 4.82. The average Bonchev–Trinajstić information content (AvgIpc) is 3.13. The molecule has 2 N–H and O–H groups in total. The Morgan fingerprint density at radius 1 is 1.32 bits per heavy atom. The van der Waals surface area contributed by atoms with E-state index in [1.165, 1.54) is 6.07 Å². The molecule has 7 rings (SSSR count). The number of carbonyl (C=O) groups is 1. The number of fused-ring (bicyclic) bond motifs is 4. The standard InChI is InChI=1S/C22H23FN6O2/c1-28-3-2-12-4-14(8-24-19(12)28)21(30)26-17-5-13-6-18(23)20(27-22(13)31-11-17)29-9-15-7-16(10-29)25-15/h2-4,6,8,15-17,25H,5,7,9-11H2,1H3,(H,26,30). The molecule has 3 saturated heterocycles. The van der Waals surface area contributed by atoms with Gasteiger partial charge in [0.25, 0.3) is 5.91 Å². The number of anilines is 1. The molecule has 0 spiro atoms. The highest BCUT2D eigenvalue weighted by molar-refractivity contribution is 5.97. The number of pyridine rings is 2. The fraction of sp³-hybridized carbons (Fsp3) is 0.409. The number of nitrogens with zero attached hydrogens (tertiary/aromatic N) is 4. The molecule has 7 heterocycles. The van der Waals surface area contributed by atoms with Crippen LogP contribution in [0.4, 0.5) is 10.2 Å². The molecule has 160 valence electrons. The molecule has 0 aromatic carbocycles. The van der Waals surface area contributed by atoms with Gasteiger partial charge in [-0.05, 0) is 24.6 Å². The Labute approximate surface area is 178 Å². The van der Waals surface area contributed by atoms with Crippen LogP contribution in [0.25, 0.3) is 11.0 Å². The monoisotopic (exact) mass is 422 g/mol. The Hall–Kier alpha value is -3.20. The van der Waals surface area contributed by atoms with Crippen LogP contribution >= 0.6 is 0 Å².